The molecule has 0 unspecified atom stereocenters. The van der Waals surface area contributed by atoms with Crippen molar-refractivity contribution in [2.45, 2.75) is 26.3 Å². The predicted molar refractivity (Wildman–Crippen MR) is 82.5 cm³/mol. The quantitative estimate of drug-likeness (QED) is 0.741. The molecule has 1 rings (SSSR count). The largest absolute Gasteiger partial charge is 0.370 e. The standard InChI is InChI=1S/C15H28N4/c1-5-9-16-15-14(8-6-10-17-15)13-19(4)12-7-11-18(2)3/h6,8,10H,5,7,9,11-13H2,1-4H3,(H,16,17). The maximum absolute atomic E-state index is 4.43. The summed E-state index contributed by atoms with van der Waals surface area (Å²) in [6.07, 6.45) is 4.17. The molecule has 0 amide bonds. The zero-order valence-corrected chi connectivity index (χ0v) is 12.8. The first-order valence-electron chi connectivity index (χ1n) is 7.14. The fourth-order valence-corrected chi connectivity index (χ4v) is 2.00. The number of pyridine rings is 1. The van der Waals surface area contributed by atoms with Gasteiger partial charge in [-0.1, -0.05) is 13.0 Å². The summed E-state index contributed by atoms with van der Waals surface area (Å²) in [5.41, 5.74) is 1.28. The second kappa shape index (κ2) is 8.88. The lowest BCUT2D eigenvalue weighted by Gasteiger charge is -2.19. The molecule has 1 N–H and O–H groups in total. The first-order valence-corrected chi connectivity index (χ1v) is 7.14. The Morgan fingerprint density at radius 2 is 2.00 bits per heavy atom. The highest BCUT2D eigenvalue weighted by atomic mass is 15.1. The molecule has 0 aromatic carbocycles. The first-order chi connectivity index (χ1) is 9.13. The van der Waals surface area contributed by atoms with Gasteiger partial charge in [0.15, 0.2) is 0 Å². The Hall–Kier alpha value is -1.13. The molecule has 0 aliphatic heterocycles. The second-order valence-corrected chi connectivity index (χ2v) is 5.33. The molecule has 1 heterocycles. The zero-order chi connectivity index (χ0) is 14.1. The van der Waals surface area contributed by atoms with Crippen LogP contribution in [0.5, 0.6) is 0 Å². The molecule has 0 radical (unpaired) electrons. The van der Waals surface area contributed by atoms with Crippen LogP contribution in [0.2, 0.25) is 0 Å². The third-order valence-corrected chi connectivity index (χ3v) is 3.02. The van der Waals surface area contributed by atoms with E-state index in [9.17, 15) is 0 Å². The minimum Gasteiger partial charge on any atom is -0.370 e. The average molecular weight is 264 g/mol. The van der Waals surface area contributed by atoms with Crippen LogP contribution in [0.4, 0.5) is 5.82 Å². The van der Waals surface area contributed by atoms with Gasteiger partial charge in [-0.3, -0.25) is 0 Å². The van der Waals surface area contributed by atoms with Crippen LogP contribution in [0.25, 0.3) is 0 Å². The number of anilines is 1. The number of hydrogen-bond acceptors (Lipinski definition) is 4. The molecule has 0 fully saturated rings. The molecule has 4 nitrogen and oxygen atoms in total. The zero-order valence-electron chi connectivity index (χ0n) is 12.8. The summed E-state index contributed by atoms with van der Waals surface area (Å²) in [6.45, 7) is 6.35. The molecular formula is C15H28N4. The van der Waals surface area contributed by atoms with E-state index in [4.69, 9.17) is 0 Å². The Morgan fingerprint density at radius 1 is 1.21 bits per heavy atom. The van der Waals surface area contributed by atoms with Crippen molar-refractivity contribution in [2.75, 3.05) is 46.1 Å². The summed E-state index contributed by atoms with van der Waals surface area (Å²) >= 11 is 0. The fraction of sp³-hybridized carbons (Fsp3) is 0.667. The third kappa shape index (κ3) is 6.55. The molecule has 0 saturated heterocycles. The van der Waals surface area contributed by atoms with E-state index in [-0.39, 0.29) is 0 Å². The normalized spacial score (nSPS) is 11.3. The van der Waals surface area contributed by atoms with E-state index in [1.165, 1.54) is 12.0 Å². The van der Waals surface area contributed by atoms with Crippen molar-refractivity contribution in [3.05, 3.63) is 23.9 Å². The summed E-state index contributed by atoms with van der Waals surface area (Å²) in [4.78, 5) is 9.02. The van der Waals surface area contributed by atoms with Gasteiger partial charge in [0, 0.05) is 24.8 Å². The lowest BCUT2D eigenvalue weighted by molar-refractivity contribution is 0.294. The van der Waals surface area contributed by atoms with Gasteiger partial charge in [0.25, 0.3) is 0 Å². The Bertz CT molecular complexity index is 352. The fourth-order valence-electron chi connectivity index (χ4n) is 2.00. The van der Waals surface area contributed by atoms with Crippen molar-refractivity contribution in [2.24, 2.45) is 0 Å². The summed E-state index contributed by atoms with van der Waals surface area (Å²) in [5.74, 6) is 1.03. The second-order valence-electron chi connectivity index (χ2n) is 5.33. The third-order valence-electron chi connectivity index (χ3n) is 3.02. The van der Waals surface area contributed by atoms with Crippen LogP contribution in [-0.2, 0) is 6.54 Å². The van der Waals surface area contributed by atoms with Crippen LogP contribution >= 0.6 is 0 Å². The number of nitrogens with zero attached hydrogens (tertiary/aromatic N) is 3. The van der Waals surface area contributed by atoms with Crippen LogP contribution in [-0.4, -0.2) is 55.6 Å². The van der Waals surface area contributed by atoms with E-state index in [1.807, 2.05) is 12.3 Å². The smallest absolute Gasteiger partial charge is 0.130 e. The van der Waals surface area contributed by atoms with E-state index in [2.05, 4.69) is 54.2 Å². The molecule has 108 valence electrons. The van der Waals surface area contributed by atoms with Gasteiger partial charge in [-0.15, -0.1) is 0 Å². The highest BCUT2D eigenvalue weighted by molar-refractivity contribution is 5.43. The Labute approximate surface area is 117 Å². The van der Waals surface area contributed by atoms with Gasteiger partial charge >= 0.3 is 0 Å². The number of nitrogens with one attached hydrogen (secondary N) is 1. The highest BCUT2D eigenvalue weighted by Crippen LogP contribution is 2.13. The SMILES string of the molecule is CCCNc1ncccc1CN(C)CCCN(C)C. The van der Waals surface area contributed by atoms with Gasteiger partial charge in [0.2, 0.25) is 0 Å². The molecule has 1 aromatic heterocycles. The first kappa shape index (κ1) is 15.9. The lowest BCUT2D eigenvalue weighted by Crippen LogP contribution is -2.24. The van der Waals surface area contributed by atoms with Gasteiger partial charge in [0.1, 0.15) is 5.82 Å². The maximum Gasteiger partial charge on any atom is 0.130 e. The van der Waals surface area contributed by atoms with Crippen LogP contribution in [0, 0.1) is 0 Å². The molecular weight excluding hydrogens is 236 g/mol. The number of aromatic nitrogens is 1. The molecule has 0 bridgehead atoms. The van der Waals surface area contributed by atoms with Crippen molar-refractivity contribution in [3.63, 3.8) is 0 Å². The van der Waals surface area contributed by atoms with E-state index >= 15 is 0 Å². The van der Waals surface area contributed by atoms with E-state index < -0.39 is 0 Å². The van der Waals surface area contributed by atoms with E-state index in [0.717, 1.165) is 38.4 Å². The minimum atomic E-state index is 0.952. The Kier molecular flexibility index (Phi) is 7.45. The average Bonchev–Trinajstić information content (AvgIpc) is 2.37. The van der Waals surface area contributed by atoms with Crippen LogP contribution in [0.3, 0.4) is 0 Å². The molecule has 1 aromatic rings. The van der Waals surface area contributed by atoms with Gasteiger partial charge < -0.3 is 15.1 Å². The van der Waals surface area contributed by atoms with Gasteiger partial charge in [-0.25, -0.2) is 4.98 Å². The van der Waals surface area contributed by atoms with Crippen molar-refractivity contribution >= 4 is 5.82 Å². The molecule has 0 aliphatic rings. The van der Waals surface area contributed by atoms with E-state index in [0.29, 0.717) is 0 Å². The molecule has 0 atom stereocenters. The summed E-state index contributed by atoms with van der Waals surface area (Å²) in [6, 6.07) is 4.17. The van der Waals surface area contributed by atoms with Gasteiger partial charge in [0.05, 0.1) is 0 Å². The summed E-state index contributed by atoms with van der Waals surface area (Å²) < 4.78 is 0. The number of rotatable bonds is 9. The molecule has 0 aliphatic carbocycles. The topological polar surface area (TPSA) is 31.4 Å². The van der Waals surface area contributed by atoms with E-state index in [1.54, 1.807) is 0 Å². The Balaban J connectivity index is 2.46. The van der Waals surface area contributed by atoms with Crippen LogP contribution in [0.1, 0.15) is 25.3 Å². The van der Waals surface area contributed by atoms with Gasteiger partial charge in [-0.2, -0.15) is 0 Å². The number of hydrogen-bond donors (Lipinski definition) is 1. The Morgan fingerprint density at radius 3 is 2.68 bits per heavy atom. The monoisotopic (exact) mass is 264 g/mol. The van der Waals surface area contributed by atoms with Crippen molar-refractivity contribution in [3.8, 4) is 0 Å². The van der Waals surface area contributed by atoms with Gasteiger partial charge in [-0.05, 0) is 53.1 Å². The summed E-state index contributed by atoms with van der Waals surface area (Å²) in [7, 11) is 6.41. The molecule has 0 saturated carbocycles. The lowest BCUT2D eigenvalue weighted by atomic mass is 10.2. The van der Waals surface area contributed by atoms with Crippen molar-refractivity contribution in [1.29, 1.82) is 0 Å². The predicted octanol–water partition coefficient (Wildman–Crippen LogP) is 2.29. The summed E-state index contributed by atoms with van der Waals surface area (Å²) in [5, 5.41) is 3.40. The molecule has 19 heavy (non-hydrogen) atoms. The van der Waals surface area contributed by atoms with Crippen LogP contribution in [0.15, 0.2) is 18.3 Å². The molecule has 0 spiro atoms. The highest BCUT2D eigenvalue weighted by Gasteiger charge is 2.06. The molecule has 4 heteroatoms. The van der Waals surface area contributed by atoms with Crippen molar-refractivity contribution < 1.29 is 0 Å². The maximum atomic E-state index is 4.43. The van der Waals surface area contributed by atoms with Crippen molar-refractivity contribution in [1.82, 2.24) is 14.8 Å². The minimum absolute atomic E-state index is 0.952. The van der Waals surface area contributed by atoms with Crippen LogP contribution < -0.4 is 5.32 Å².